The molecule has 1 amide bonds. The first-order valence-corrected chi connectivity index (χ1v) is 12.4. The Hall–Kier alpha value is -5.02. The normalized spacial score (nSPS) is 11.4. The predicted octanol–water partition coefficient (Wildman–Crippen LogP) is 3.41. The molecule has 0 aliphatic carbocycles. The molecular weight excluding hydrogens is 502 g/mol. The SMILES string of the molecule is CN(C)c1ccc2nc(/C=C(\C#N)C(=O)NCc3ccc(COc4nc(N)nc5nc[nH]c45)cc3)sc2c1. The summed E-state index contributed by atoms with van der Waals surface area (Å²) >= 11 is 1.43. The maximum Gasteiger partial charge on any atom is 0.262 e. The number of benzene rings is 2. The van der Waals surface area contributed by atoms with Crippen LogP contribution in [-0.4, -0.2) is 44.9 Å². The van der Waals surface area contributed by atoms with Crippen LogP contribution < -0.4 is 20.7 Å². The van der Waals surface area contributed by atoms with E-state index in [1.807, 2.05) is 67.5 Å². The van der Waals surface area contributed by atoms with E-state index in [0.29, 0.717) is 22.1 Å². The number of nitrogen functional groups attached to an aromatic ring is 1. The number of aromatic amines is 1. The second-order valence-corrected chi connectivity index (χ2v) is 9.61. The summed E-state index contributed by atoms with van der Waals surface area (Å²) in [6.07, 6.45) is 3.02. The van der Waals surface area contributed by atoms with E-state index in [1.54, 1.807) is 0 Å². The van der Waals surface area contributed by atoms with Crippen LogP contribution in [0.25, 0.3) is 27.5 Å². The third kappa shape index (κ3) is 5.37. The number of hydrogen-bond donors (Lipinski definition) is 3. The number of imidazole rings is 1. The first-order valence-electron chi connectivity index (χ1n) is 11.5. The molecule has 0 bridgehead atoms. The summed E-state index contributed by atoms with van der Waals surface area (Å²) in [7, 11) is 3.94. The van der Waals surface area contributed by atoms with Crippen molar-refractivity contribution in [3.05, 3.63) is 70.5 Å². The monoisotopic (exact) mass is 525 g/mol. The molecule has 0 spiro atoms. The number of nitriles is 1. The van der Waals surface area contributed by atoms with Gasteiger partial charge in [-0.3, -0.25) is 4.79 Å². The summed E-state index contributed by atoms with van der Waals surface area (Å²) in [6.45, 7) is 0.527. The van der Waals surface area contributed by atoms with Gasteiger partial charge in [-0.1, -0.05) is 24.3 Å². The van der Waals surface area contributed by atoms with Crippen LogP contribution in [0.3, 0.4) is 0 Å². The van der Waals surface area contributed by atoms with Gasteiger partial charge >= 0.3 is 0 Å². The Bertz CT molecular complexity index is 1700. The van der Waals surface area contributed by atoms with E-state index in [9.17, 15) is 10.1 Å². The number of anilines is 2. The molecule has 5 aromatic rings. The molecule has 3 heterocycles. The summed E-state index contributed by atoms with van der Waals surface area (Å²) in [5, 5.41) is 13.0. The van der Waals surface area contributed by atoms with E-state index >= 15 is 0 Å². The molecule has 0 atom stereocenters. The van der Waals surface area contributed by atoms with Crippen LogP contribution >= 0.6 is 11.3 Å². The highest BCUT2D eigenvalue weighted by atomic mass is 32.1. The molecule has 0 fully saturated rings. The van der Waals surface area contributed by atoms with Gasteiger partial charge in [0.1, 0.15) is 28.8 Å². The number of carbonyl (C=O) groups excluding carboxylic acids is 1. The van der Waals surface area contributed by atoms with Crippen LogP contribution in [0.1, 0.15) is 16.1 Å². The number of hydrogen-bond acceptors (Lipinski definition) is 10. The number of nitrogens with one attached hydrogen (secondary N) is 2. The van der Waals surface area contributed by atoms with E-state index in [0.717, 1.165) is 27.0 Å². The molecule has 0 saturated carbocycles. The van der Waals surface area contributed by atoms with Crippen molar-refractivity contribution in [2.45, 2.75) is 13.2 Å². The van der Waals surface area contributed by atoms with Crippen LogP contribution in [0, 0.1) is 11.3 Å². The minimum Gasteiger partial charge on any atom is -0.471 e. The van der Waals surface area contributed by atoms with Gasteiger partial charge in [0.05, 0.1) is 16.5 Å². The van der Waals surface area contributed by atoms with Crippen LogP contribution in [0.4, 0.5) is 11.6 Å². The fourth-order valence-corrected chi connectivity index (χ4v) is 4.60. The van der Waals surface area contributed by atoms with Crippen molar-refractivity contribution in [3.63, 3.8) is 0 Å². The summed E-state index contributed by atoms with van der Waals surface area (Å²) in [6, 6.07) is 15.5. The molecule has 0 aliphatic rings. The molecule has 38 heavy (non-hydrogen) atoms. The fourth-order valence-electron chi connectivity index (χ4n) is 3.65. The first kappa shape index (κ1) is 24.7. The third-order valence-corrected chi connectivity index (χ3v) is 6.62. The Morgan fingerprint density at radius 1 is 1.18 bits per heavy atom. The van der Waals surface area contributed by atoms with E-state index in [4.69, 9.17) is 10.5 Å². The standard InChI is InChI=1S/C26H23N9O2S/c1-35(2)18-7-8-19-20(10-18)38-21(32-19)9-17(11-27)24(36)29-12-15-3-5-16(6-4-15)13-37-25-22-23(31-14-30-22)33-26(28)34-25/h3-10,14H,12-13H2,1-2H3,(H,29,36)(H3,28,30,31,33,34)/b17-9+. The zero-order valence-corrected chi connectivity index (χ0v) is 21.4. The number of carbonyl (C=O) groups is 1. The highest BCUT2D eigenvalue weighted by Gasteiger charge is 2.12. The largest absolute Gasteiger partial charge is 0.471 e. The molecule has 4 N–H and O–H groups in total. The molecule has 190 valence electrons. The molecule has 0 saturated heterocycles. The molecular formula is C26H23N9O2S. The Labute approximate surface area is 221 Å². The number of ether oxygens (including phenoxy) is 1. The minimum absolute atomic E-state index is 0.00356. The van der Waals surface area contributed by atoms with Crippen molar-refractivity contribution in [2.75, 3.05) is 24.7 Å². The number of amides is 1. The smallest absolute Gasteiger partial charge is 0.262 e. The van der Waals surface area contributed by atoms with Gasteiger partial charge in [0.2, 0.25) is 11.8 Å². The summed E-state index contributed by atoms with van der Waals surface area (Å²) in [5.74, 6) is -0.0559. The lowest BCUT2D eigenvalue weighted by Crippen LogP contribution is -2.23. The highest BCUT2D eigenvalue weighted by Crippen LogP contribution is 2.27. The van der Waals surface area contributed by atoms with Gasteiger partial charge in [-0.25, -0.2) is 9.97 Å². The van der Waals surface area contributed by atoms with Gasteiger partial charge in [-0.15, -0.1) is 11.3 Å². The van der Waals surface area contributed by atoms with E-state index in [2.05, 4.69) is 30.2 Å². The fraction of sp³-hybridized carbons (Fsp3) is 0.154. The molecule has 2 aromatic carbocycles. The minimum atomic E-state index is -0.460. The predicted molar refractivity (Wildman–Crippen MR) is 146 cm³/mol. The molecule has 5 rings (SSSR count). The highest BCUT2D eigenvalue weighted by molar-refractivity contribution is 7.19. The lowest BCUT2D eigenvalue weighted by molar-refractivity contribution is -0.117. The van der Waals surface area contributed by atoms with Crippen molar-refractivity contribution >= 4 is 56.3 Å². The van der Waals surface area contributed by atoms with Crippen molar-refractivity contribution in [1.82, 2.24) is 30.2 Å². The zero-order valence-electron chi connectivity index (χ0n) is 20.6. The lowest BCUT2D eigenvalue weighted by Gasteiger charge is -2.11. The van der Waals surface area contributed by atoms with Crippen molar-refractivity contribution in [2.24, 2.45) is 0 Å². The molecule has 0 unspecified atom stereocenters. The Morgan fingerprint density at radius 2 is 1.97 bits per heavy atom. The van der Waals surface area contributed by atoms with Gasteiger partial charge < -0.3 is 25.7 Å². The zero-order chi connectivity index (χ0) is 26.6. The lowest BCUT2D eigenvalue weighted by atomic mass is 10.1. The summed E-state index contributed by atoms with van der Waals surface area (Å²) in [4.78, 5) is 34.4. The molecule has 0 aliphatic heterocycles. The van der Waals surface area contributed by atoms with Crippen molar-refractivity contribution < 1.29 is 9.53 Å². The maximum atomic E-state index is 12.7. The van der Waals surface area contributed by atoms with Crippen LogP contribution in [0.5, 0.6) is 5.88 Å². The summed E-state index contributed by atoms with van der Waals surface area (Å²) in [5.41, 5.74) is 10.4. The molecule has 0 radical (unpaired) electrons. The third-order valence-electron chi connectivity index (χ3n) is 5.66. The number of fused-ring (bicyclic) bond motifs is 2. The average Bonchev–Trinajstić information content (AvgIpc) is 3.55. The maximum absolute atomic E-state index is 12.7. The Morgan fingerprint density at radius 3 is 2.74 bits per heavy atom. The summed E-state index contributed by atoms with van der Waals surface area (Å²) < 4.78 is 6.79. The van der Waals surface area contributed by atoms with Crippen LogP contribution in [0.2, 0.25) is 0 Å². The molecule has 3 aromatic heterocycles. The topological polar surface area (TPSA) is 159 Å². The number of aromatic nitrogens is 5. The Kier molecular flexibility index (Phi) is 6.84. The average molecular weight is 526 g/mol. The van der Waals surface area contributed by atoms with E-state index < -0.39 is 5.91 Å². The van der Waals surface area contributed by atoms with E-state index in [1.165, 1.54) is 23.7 Å². The quantitative estimate of drug-likeness (QED) is 0.204. The first-order chi connectivity index (χ1) is 18.4. The second kappa shape index (κ2) is 10.5. The number of nitrogens with zero attached hydrogens (tertiary/aromatic N) is 6. The van der Waals surface area contributed by atoms with Gasteiger partial charge in [0.25, 0.3) is 5.91 Å². The van der Waals surface area contributed by atoms with Crippen molar-refractivity contribution in [1.29, 1.82) is 5.26 Å². The van der Waals surface area contributed by atoms with Crippen LogP contribution in [-0.2, 0) is 17.9 Å². The number of rotatable bonds is 8. The Balaban J connectivity index is 1.20. The second-order valence-electron chi connectivity index (χ2n) is 8.54. The van der Waals surface area contributed by atoms with Crippen LogP contribution in [0.15, 0.2) is 54.4 Å². The van der Waals surface area contributed by atoms with Gasteiger partial charge in [-0.05, 0) is 35.4 Å². The number of thiazole rings is 1. The van der Waals surface area contributed by atoms with E-state index in [-0.39, 0.29) is 24.7 Å². The molecule has 11 nitrogen and oxygen atoms in total. The van der Waals surface area contributed by atoms with Crippen molar-refractivity contribution in [3.8, 4) is 11.9 Å². The number of H-pyrrole nitrogens is 1. The van der Waals surface area contributed by atoms with Gasteiger partial charge in [-0.2, -0.15) is 15.2 Å². The molecule has 12 heteroatoms. The van der Waals surface area contributed by atoms with Gasteiger partial charge in [0.15, 0.2) is 5.65 Å². The van der Waals surface area contributed by atoms with Gasteiger partial charge in [0, 0.05) is 26.3 Å². The number of nitrogens with two attached hydrogens (primary N) is 1.